The maximum atomic E-state index is 12.9. The molecule has 7 heteroatoms. The number of hydrogen-bond donors (Lipinski definition) is 1. The molecule has 1 aromatic carbocycles. The van der Waals surface area contributed by atoms with Crippen LogP contribution in [0.15, 0.2) is 41.4 Å². The number of thioether (sulfide) groups is 1. The molecule has 0 unspecified atom stereocenters. The van der Waals surface area contributed by atoms with E-state index >= 15 is 0 Å². The van der Waals surface area contributed by atoms with Crippen LogP contribution >= 0.6 is 11.8 Å². The second-order valence-electron chi connectivity index (χ2n) is 4.95. The molecule has 1 heterocycles. The molecule has 0 aliphatic heterocycles. The van der Waals surface area contributed by atoms with Crippen LogP contribution < -0.4 is 5.32 Å². The first-order valence-electron chi connectivity index (χ1n) is 7.76. The zero-order chi connectivity index (χ0) is 17.2. The van der Waals surface area contributed by atoms with E-state index in [0.29, 0.717) is 36.2 Å². The normalized spacial score (nSPS) is 10.6. The van der Waals surface area contributed by atoms with E-state index in [1.54, 1.807) is 18.2 Å². The first-order chi connectivity index (χ1) is 11.7. The van der Waals surface area contributed by atoms with Crippen molar-refractivity contribution in [2.45, 2.75) is 18.4 Å². The van der Waals surface area contributed by atoms with Gasteiger partial charge in [0.25, 0.3) is 0 Å². The highest BCUT2D eigenvalue weighted by Gasteiger charge is 2.05. The summed E-state index contributed by atoms with van der Waals surface area (Å²) in [5.74, 6) is -0.0359. The number of aromatic nitrogens is 2. The Morgan fingerprint density at radius 2 is 2.00 bits per heavy atom. The van der Waals surface area contributed by atoms with Crippen molar-refractivity contribution in [3.8, 4) is 11.3 Å². The SMILES string of the molecule is CCOCCCNC(=O)CSc1ccc(-c2ccc(F)cc2)nn1. The van der Waals surface area contributed by atoms with Crippen molar-refractivity contribution in [3.63, 3.8) is 0 Å². The van der Waals surface area contributed by atoms with Gasteiger partial charge in [0.1, 0.15) is 10.8 Å². The Morgan fingerprint density at radius 3 is 2.67 bits per heavy atom. The molecular weight excluding hydrogens is 329 g/mol. The van der Waals surface area contributed by atoms with Gasteiger partial charge in [0.15, 0.2) is 0 Å². The quantitative estimate of drug-likeness (QED) is 0.557. The van der Waals surface area contributed by atoms with Crippen molar-refractivity contribution in [2.75, 3.05) is 25.5 Å². The number of carbonyl (C=O) groups excluding carboxylic acids is 1. The summed E-state index contributed by atoms with van der Waals surface area (Å²) >= 11 is 1.33. The van der Waals surface area contributed by atoms with Crippen LogP contribution in [-0.2, 0) is 9.53 Å². The molecule has 0 aliphatic rings. The van der Waals surface area contributed by atoms with Gasteiger partial charge in [0, 0.05) is 25.3 Å². The van der Waals surface area contributed by atoms with E-state index in [1.165, 1.54) is 23.9 Å². The zero-order valence-electron chi connectivity index (χ0n) is 13.5. The maximum absolute atomic E-state index is 12.9. The van der Waals surface area contributed by atoms with Gasteiger partial charge < -0.3 is 10.1 Å². The number of nitrogens with one attached hydrogen (secondary N) is 1. The van der Waals surface area contributed by atoms with Gasteiger partial charge in [-0.05, 0) is 49.7 Å². The lowest BCUT2D eigenvalue weighted by atomic mass is 10.1. The Labute approximate surface area is 145 Å². The first kappa shape index (κ1) is 18.4. The molecule has 0 saturated heterocycles. The highest BCUT2D eigenvalue weighted by atomic mass is 32.2. The molecule has 0 bridgehead atoms. The van der Waals surface area contributed by atoms with E-state index in [2.05, 4.69) is 15.5 Å². The van der Waals surface area contributed by atoms with E-state index in [-0.39, 0.29) is 11.7 Å². The summed E-state index contributed by atoms with van der Waals surface area (Å²) in [7, 11) is 0. The molecule has 0 spiro atoms. The lowest BCUT2D eigenvalue weighted by molar-refractivity contribution is -0.118. The highest BCUT2D eigenvalue weighted by molar-refractivity contribution is 7.99. The number of halogens is 1. The molecule has 0 fully saturated rings. The first-order valence-corrected chi connectivity index (χ1v) is 8.74. The van der Waals surface area contributed by atoms with Crippen LogP contribution in [0.25, 0.3) is 11.3 Å². The number of amides is 1. The van der Waals surface area contributed by atoms with Crippen molar-refractivity contribution in [2.24, 2.45) is 0 Å². The van der Waals surface area contributed by atoms with Crippen molar-refractivity contribution >= 4 is 17.7 Å². The maximum Gasteiger partial charge on any atom is 0.230 e. The molecule has 1 amide bonds. The van der Waals surface area contributed by atoms with Gasteiger partial charge in [-0.25, -0.2) is 4.39 Å². The molecule has 128 valence electrons. The second kappa shape index (κ2) is 10.00. The van der Waals surface area contributed by atoms with E-state index < -0.39 is 0 Å². The largest absolute Gasteiger partial charge is 0.382 e. The van der Waals surface area contributed by atoms with Crippen LogP contribution in [0.2, 0.25) is 0 Å². The fourth-order valence-corrected chi connectivity index (χ4v) is 2.55. The third kappa shape index (κ3) is 6.25. The van der Waals surface area contributed by atoms with Gasteiger partial charge in [-0.2, -0.15) is 0 Å². The molecule has 0 aliphatic carbocycles. The predicted octanol–water partition coefficient (Wildman–Crippen LogP) is 2.92. The van der Waals surface area contributed by atoms with E-state index in [1.807, 2.05) is 13.0 Å². The monoisotopic (exact) mass is 349 g/mol. The standard InChI is InChI=1S/C17H20FN3O2S/c1-2-23-11-3-10-19-16(22)12-24-17-9-8-15(20-21-17)13-4-6-14(18)7-5-13/h4-9H,2-3,10-12H2,1H3,(H,19,22). The summed E-state index contributed by atoms with van der Waals surface area (Å²) in [6.07, 6.45) is 0.802. The minimum Gasteiger partial charge on any atom is -0.382 e. The minimum atomic E-state index is -0.286. The van der Waals surface area contributed by atoms with Crippen LogP contribution in [0.5, 0.6) is 0 Å². The van der Waals surface area contributed by atoms with Gasteiger partial charge in [0.2, 0.25) is 5.91 Å². The van der Waals surface area contributed by atoms with Crippen LogP contribution in [0.4, 0.5) is 4.39 Å². The number of benzene rings is 1. The van der Waals surface area contributed by atoms with Gasteiger partial charge in [0.05, 0.1) is 11.4 Å². The Bertz CT molecular complexity index is 635. The lowest BCUT2D eigenvalue weighted by Gasteiger charge is -2.05. The van der Waals surface area contributed by atoms with E-state index in [0.717, 1.165) is 12.0 Å². The van der Waals surface area contributed by atoms with Crippen molar-refractivity contribution < 1.29 is 13.9 Å². The molecule has 0 atom stereocenters. The molecule has 1 N–H and O–H groups in total. The third-order valence-corrected chi connectivity index (χ3v) is 4.04. The summed E-state index contributed by atoms with van der Waals surface area (Å²) in [6.45, 7) is 3.89. The smallest absolute Gasteiger partial charge is 0.230 e. The van der Waals surface area contributed by atoms with Gasteiger partial charge in [-0.15, -0.1) is 10.2 Å². The summed E-state index contributed by atoms with van der Waals surface area (Å²) in [4.78, 5) is 11.7. The summed E-state index contributed by atoms with van der Waals surface area (Å²) in [5.41, 5.74) is 1.47. The second-order valence-corrected chi connectivity index (χ2v) is 5.95. The third-order valence-electron chi connectivity index (χ3n) is 3.12. The Morgan fingerprint density at radius 1 is 1.21 bits per heavy atom. The fraction of sp³-hybridized carbons (Fsp3) is 0.353. The van der Waals surface area contributed by atoms with Crippen molar-refractivity contribution in [1.29, 1.82) is 0 Å². The summed E-state index contributed by atoms with van der Waals surface area (Å²) in [6, 6.07) is 9.69. The van der Waals surface area contributed by atoms with Crippen molar-refractivity contribution in [1.82, 2.24) is 15.5 Å². The highest BCUT2D eigenvalue weighted by Crippen LogP contribution is 2.19. The molecule has 24 heavy (non-hydrogen) atoms. The van der Waals surface area contributed by atoms with Gasteiger partial charge in [-0.1, -0.05) is 11.8 Å². The molecule has 1 aromatic heterocycles. The van der Waals surface area contributed by atoms with Crippen molar-refractivity contribution in [3.05, 3.63) is 42.2 Å². The Kier molecular flexibility index (Phi) is 7.64. The zero-order valence-corrected chi connectivity index (χ0v) is 14.3. The minimum absolute atomic E-state index is 0.0408. The molecular formula is C17H20FN3O2S. The number of hydrogen-bond acceptors (Lipinski definition) is 5. The van der Waals surface area contributed by atoms with Crippen LogP contribution in [0.1, 0.15) is 13.3 Å². The molecule has 0 saturated carbocycles. The average Bonchev–Trinajstić information content (AvgIpc) is 2.61. The van der Waals surface area contributed by atoms with Crippen LogP contribution in [0, 0.1) is 5.82 Å². The predicted molar refractivity (Wildman–Crippen MR) is 92.3 cm³/mol. The summed E-state index contributed by atoms with van der Waals surface area (Å²) < 4.78 is 18.1. The summed E-state index contributed by atoms with van der Waals surface area (Å²) in [5, 5.41) is 11.7. The topological polar surface area (TPSA) is 64.1 Å². The number of nitrogens with zero attached hydrogens (tertiary/aromatic N) is 2. The molecule has 0 radical (unpaired) electrons. The van der Waals surface area contributed by atoms with Crippen LogP contribution in [0.3, 0.4) is 0 Å². The van der Waals surface area contributed by atoms with E-state index in [4.69, 9.17) is 4.74 Å². The number of carbonyl (C=O) groups is 1. The Hall–Kier alpha value is -1.99. The average molecular weight is 349 g/mol. The fourth-order valence-electron chi connectivity index (χ4n) is 1.91. The Balaban J connectivity index is 1.75. The van der Waals surface area contributed by atoms with Gasteiger partial charge >= 0.3 is 0 Å². The molecule has 2 aromatic rings. The number of ether oxygens (including phenoxy) is 1. The van der Waals surface area contributed by atoms with Gasteiger partial charge in [-0.3, -0.25) is 4.79 Å². The molecule has 5 nitrogen and oxygen atoms in total. The number of rotatable bonds is 9. The molecule has 2 rings (SSSR count). The van der Waals surface area contributed by atoms with Crippen LogP contribution in [-0.4, -0.2) is 41.6 Å². The lowest BCUT2D eigenvalue weighted by Crippen LogP contribution is -2.26. The van der Waals surface area contributed by atoms with E-state index in [9.17, 15) is 9.18 Å².